The Morgan fingerprint density at radius 3 is 2.78 bits per heavy atom. The molecule has 106 valence electrons. The van der Waals surface area contributed by atoms with Crippen molar-refractivity contribution in [2.75, 3.05) is 39.9 Å². The van der Waals surface area contributed by atoms with Crippen LogP contribution in [0.15, 0.2) is 0 Å². The molecule has 0 aromatic rings. The molecule has 0 bridgehead atoms. The van der Waals surface area contributed by atoms with Crippen molar-refractivity contribution < 1.29 is 4.74 Å². The van der Waals surface area contributed by atoms with E-state index in [0.717, 1.165) is 18.6 Å². The van der Waals surface area contributed by atoms with Crippen LogP contribution in [-0.2, 0) is 4.74 Å². The second-order valence-corrected chi connectivity index (χ2v) is 6.28. The monoisotopic (exact) mass is 254 g/mol. The van der Waals surface area contributed by atoms with Gasteiger partial charge in [-0.2, -0.15) is 0 Å². The molecule has 0 aromatic heterocycles. The maximum Gasteiger partial charge on any atom is 0.0500 e. The van der Waals surface area contributed by atoms with Crippen LogP contribution in [0, 0.1) is 11.8 Å². The first-order valence-electron chi connectivity index (χ1n) is 7.74. The first kappa shape index (κ1) is 14.3. The van der Waals surface area contributed by atoms with Crippen LogP contribution in [0.2, 0.25) is 0 Å². The maximum atomic E-state index is 5.25. The van der Waals surface area contributed by atoms with Crippen LogP contribution in [0.25, 0.3) is 0 Å². The Labute approximate surface area is 112 Å². The second-order valence-electron chi connectivity index (χ2n) is 6.28. The van der Waals surface area contributed by atoms with Crippen molar-refractivity contribution in [3.63, 3.8) is 0 Å². The minimum absolute atomic E-state index is 0.653. The van der Waals surface area contributed by atoms with Gasteiger partial charge in [0.1, 0.15) is 0 Å². The van der Waals surface area contributed by atoms with E-state index in [1.165, 1.54) is 58.3 Å². The van der Waals surface area contributed by atoms with Gasteiger partial charge in [0.05, 0.1) is 0 Å². The zero-order valence-electron chi connectivity index (χ0n) is 12.2. The summed E-state index contributed by atoms with van der Waals surface area (Å²) in [6.45, 7) is 7.99. The summed E-state index contributed by atoms with van der Waals surface area (Å²) in [7, 11) is 1.80. The summed E-state index contributed by atoms with van der Waals surface area (Å²) in [5, 5.41) is 3.75. The molecule has 18 heavy (non-hydrogen) atoms. The van der Waals surface area contributed by atoms with Gasteiger partial charge in [-0.3, -0.25) is 0 Å². The summed E-state index contributed by atoms with van der Waals surface area (Å²) in [4.78, 5) is 2.64. The van der Waals surface area contributed by atoms with Gasteiger partial charge in [0.2, 0.25) is 0 Å². The van der Waals surface area contributed by atoms with Gasteiger partial charge in [0.15, 0.2) is 0 Å². The number of hydrogen-bond acceptors (Lipinski definition) is 3. The third-order valence-electron chi connectivity index (χ3n) is 4.53. The van der Waals surface area contributed by atoms with Gasteiger partial charge in [-0.05, 0) is 24.7 Å². The maximum absolute atomic E-state index is 5.25. The van der Waals surface area contributed by atoms with E-state index in [-0.39, 0.29) is 0 Å². The summed E-state index contributed by atoms with van der Waals surface area (Å²) in [6.07, 6.45) is 7.24. The Balaban J connectivity index is 1.76. The first-order chi connectivity index (χ1) is 8.79. The molecular formula is C15H30N2O. The van der Waals surface area contributed by atoms with Crippen LogP contribution < -0.4 is 5.32 Å². The molecule has 1 saturated heterocycles. The fourth-order valence-electron chi connectivity index (χ4n) is 3.64. The molecule has 1 heterocycles. The Bertz CT molecular complexity index is 229. The van der Waals surface area contributed by atoms with E-state index in [0.29, 0.717) is 5.92 Å². The zero-order valence-corrected chi connectivity index (χ0v) is 12.2. The second kappa shape index (κ2) is 7.46. The van der Waals surface area contributed by atoms with Gasteiger partial charge < -0.3 is 15.0 Å². The Morgan fingerprint density at radius 1 is 1.28 bits per heavy atom. The Hall–Kier alpha value is -0.120. The number of nitrogens with zero attached hydrogens (tertiary/aromatic N) is 1. The highest BCUT2D eigenvalue weighted by atomic mass is 16.5. The van der Waals surface area contributed by atoms with E-state index in [2.05, 4.69) is 17.1 Å². The van der Waals surface area contributed by atoms with Crippen molar-refractivity contribution in [1.29, 1.82) is 0 Å². The molecule has 0 aromatic carbocycles. The largest absolute Gasteiger partial charge is 0.384 e. The topological polar surface area (TPSA) is 24.5 Å². The number of rotatable bonds is 5. The molecule has 1 aliphatic carbocycles. The lowest BCUT2D eigenvalue weighted by molar-refractivity contribution is 0.0987. The quantitative estimate of drug-likeness (QED) is 0.813. The van der Waals surface area contributed by atoms with E-state index in [9.17, 15) is 0 Å². The molecule has 0 spiro atoms. The highest BCUT2D eigenvalue weighted by molar-refractivity contribution is 4.86. The zero-order chi connectivity index (χ0) is 12.8. The van der Waals surface area contributed by atoms with Gasteiger partial charge >= 0.3 is 0 Å². The van der Waals surface area contributed by atoms with Crippen LogP contribution in [0.4, 0.5) is 0 Å². The Morgan fingerprint density at radius 2 is 2.06 bits per heavy atom. The molecule has 3 heteroatoms. The van der Waals surface area contributed by atoms with Crippen LogP contribution in [0.3, 0.4) is 0 Å². The van der Waals surface area contributed by atoms with Gasteiger partial charge in [0.25, 0.3) is 0 Å². The molecule has 1 aliphatic heterocycles. The lowest BCUT2D eigenvalue weighted by atomic mass is 9.83. The van der Waals surface area contributed by atoms with Crippen molar-refractivity contribution in [3.05, 3.63) is 0 Å². The number of nitrogens with one attached hydrogen (secondary N) is 1. The lowest BCUT2D eigenvalue weighted by Crippen LogP contribution is -2.54. The predicted molar refractivity (Wildman–Crippen MR) is 75.8 cm³/mol. The van der Waals surface area contributed by atoms with Gasteiger partial charge in [0, 0.05) is 45.9 Å². The number of methoxy groups -OCH3 is 1. The van der Waals surface area contributed by atoms with Gasteiger partial charge in [-0.15, -0.1) is 0 Å². The fraction of sp³-hybridized carbons (Fsp3) is 1.00. The van der Waals surface area contributed by atoms with Crippen molar-refractivity contribution in [2.45, 2.75) is 45.1 Å². The molecule has 2 atom stereocenters. The highest BCUT2D eigenvalue weighted by Gasteiger charge is 2.28. The summed E-state index contributed by atoms with van der Waals surface area (Å²) in [5.74, 6) is 1.58. The summed E-state index contributed by atoms with van der Waals surface area (Å²) in [6, 6.07) is 0.744. The predicted octanol–water partition coefficient (Wildman–Crippen LogP) is 2.12. The van der Waals surface area contributed by atoms with E-state index >= 15 is 0 Å². The lowest BCUT2D eigenvalue weighted by Gasteiger charge is -2.40. The third kappa shape index (κ3) is 4.22. The molecule has 3 nitrogen and oxygen atoms in total. The van der Waals surface area contributed by atoms with E-state index < -0.39 is 0 Å². The van der Waals surface area contributed by atoms with E-state index in [1.54, 1.807) is 7.11 Å². The molecule has 1 saturated carbocycles. The van der Waals surface area contributed by atoms with E-state index in [4.69, 9.17) is 4.74 Å². The molecule has 1 N–H and O–H groups in total. The fourth-order valence-corrected chi connectivity index (χ4v) is 3.64. The Kier molecular flexibility index (Phi) is 5.93. The summed E-state index contributed by atoms with van der Waals surface area (Å²) >= 11 is 0. The third-order valence-corrected chi connectivity index (χ3v) is 4.53. The van der Waals surface area contributed by atoms with Crippen molar-refractivity contribution >= 4 is 0 Å². The standard InChI is InChI=1S/C15H30N2O/c1-13(12-18-2)10-17-9-8-16-15(11-17)14-6-4-3-5-7-14/h13-16H,3-12H2,1-2H3. The van der Waals surface area contributed by atoms with Gasteiger partial charge in [-0.25, -0.2) is 0 Å². The van der Waals surface area contributed by atoms with Crippen LogP contribution in [0.5, 0.6) is 0 Å². The number of hydrogen-bond donors (Lipinski definition) is 1. The first-order valence-corrected chi connectivity index (χ1v) is 7.74. The molecule has 2 fully saturated rings. The molecule has 0 radical (unpaired) electrons. The van der Waals surface area contributed by atoms with Crippen molar-refractivity contribution in [2.24, 2.45) is 11.8 Å². The normalized spacial score (nSPS) is 29.3. The van der Waals surface area contributed by atoms with Crippen LogP contribution in [0.1, 0.15) is 39.0 Å². The molecule has 2 aliphatic rings. The van der Waals surface area contributed by atoms with Gasteiger partial charge in [-0.1, -0.05) is 26.2 Å². The number of ether oxygens (including phenoxy) is 1. The minimum Gasteiger partial charge on any atom is -0.384 e. The van der Waals surface area contributed by atoms with E-state index in [1.807, 2.05) is 0 Å². The summed E-state index contributed by atoms with van der Waals surface area (Å²) in [5.41, 5.74) is 0. The highest BCUT2D eigenvalue weighted by Crippen LogP contribution is 2.27. The number of piperazine rings is 1. The average molecular weight is 254 g/mol. The molecular weight excluding hydrogens is 224 g/mol. The molecule has 2 rings (SSSR count). The SMILES string of the molecule is COCC(C)CN1CCNC(C2CCCCC2)C1. The average Bonchev–Trinajstić information content (AvgIpc) is 2.40. The smallest absolute Gasteiger partial charge is 0.0500 e. The van der Waals surface area contributed by atoms with Crippen LogP contribution >= 0.6 is 0 Å². The van der Waals surface area contributed by atoms with Crippen LogP contribution in [-0.4, -0.2) is 50.8 Å². The summed E-state index contributed by atoms with van der Waals surface area (Å²) < 4.78 is 5.25. The molecule has 0 amide bonds. The minimum atomic E-state index is 0.653. The molecule has 2 unspecified atom stereocenters. The van der Waals surface area contributed by atoms with Crippen molar-refractivity contribution in [3.8, 4) is 0 Å². The van der Waals surface area contributed by atoms with Crippen molar-refractivity contribution in [1.82, 2.24) is 10.2 Å².